The third-order valence-electron chi connectivity index (χ3n) is 5.36. The molecular weight excluding hydrogens is 300 g/mol. The van der Waals surface area contributed by atoms with E-state index in [2.05, 4.69) is 16.0 Å². The van der Waals surface area contributed by atoms with E-state index >= 15 is 0 Å². The normalized spacial score (nSPS) is 29.1. The van der Waals surface area contributed by atoms with Gasteiger partial charge in [-0.05, 0) is 12.5 Å². The van der Waals surface area contributed by atoms with E-state index in [9.17, 15) is 5.11 Å². The van der Waals surface area contributed by atoms with Gasteiger partial charge in [-0.25, -0.2) is 0 Å². The van der Waals surface area contributed by atoms with Crippen molar-refractivity contribution in [3.05, 3.63) is 35.0 Å². The van der Waals surface area contributed by atoms with Crippen molar-refractivity contribution in [2.75, 3.05) is 32.9 Å². The molecule has 2 aliphatic rings. The number of H-pyrrole nitrogens is 1. The minimum atomic E-state index is 0.0107. The van der Waals surface area contributed by atoms with Crippen LogP contribution in [0, 0.1) is 11.3 Å². The third kappa shape index (κ3) is 2.26. The number of aromatic nitrogens is 1. The van der Waals surface area contributed by atoms with Crippen molar-refractivity contribution in [2.24, 2.45) is 11.3 Å². The number of aliphatic hydroxyl groups excluding tert-OH is 1. The monoisotopic (exact) mass is 320 g/mol. The quantitative estimate of drug-likeness (QED) is 0.914. The number of benzene rings is 1. The van der Waals surface area contributed by atoms with Crippen LogP contribution in [-0.4, -0.2) is 47.9 Å². The Kier molecular flexibility index (Phi) is 3.65. The summed E-state index contributed by atoms with van der Waals surface area (Å²) in [7, 11) is 0. The van der Waals surface area contributed by atoms with Crippen LogP contribution in [0.5, 0.6) is 0 Å². The third-order valence-corrected chi connectivity index (χ3v) is 5.79. The molecule has 2 aliphatic heterocycles. The topological polar surface area (TPSA) is 48.5 Å². The molecule has 0 spiro atoms. The molecule has 4 rings (SSSR count). The number of fused-ring (bicyclic) bond motifs is 2. The van der Waals surface area contributed by atoms with Crippen molar-refractivity contribution in [3.63, 3.8) is 0 Å². The summed E-state index contributed by atoms with van der Waals surface area (Å²) in [5, 5.41) is 11.8. The Morgan fingerprint density at radius 2 is 2.27 bits per heavy atom. The van der Waals surface area contributed by atoms with Crippen molar-refractivity contribution in [1.82, 2.24) is 9.88 Å². The Morgan fingerprint density at radius 1 is 1.41 bits per heavy atom. The molecule has 0 bridgehead atoms. The van der Waals surface area contributed by atoms with Gasteiger partial charge in [0.1, 0.15) is 0 Å². The van der Waals surface area contributed by atoms with Gasteiger partial charge in [0.05, 0.1) is 18.2 Å². The highest BCUT2D eigenvalue weighted by atomic mass is 35.5. The summed E-state index contributed by atoms with van der Waals surface area (Å²) in [6.07, 6.45) is 0.950. The van der Waals surface area contributed by atoms with Crippen LogP contribution < -0.4 is 0 Å². The van der Waals surface area contributed by atoms with Gasteiger partial charge in [-0.3, -0.25) is 4.90 Å². The molecule has 22 heavy (non-hydrogen) atoms. The van der Waals surface area contributed by atoms with Crippen LogP contribution in [0.2, 0.25) is 5.02 Å². The smallest absolute Gasteiger partial charge is 0.0705 e. The molecule has 3 heterocycles. The van der Waals surface area contributed by atoms with Gasteiger partial charge in [0.25, 0.3) is 0 Å². The first-order chi connectivity index (χ1) is 10.7. The predicted molar refractivity (Wildman–Crippen MR) is 87.0 cm³/mol. The van der Waals surface area contributed by atoms with Gasteiger partial charge in [0, 0.05) is 54.2 Å². The highest BCUT2D eigenvalue weighted by molar-refractivity contribution is 6.36. The maximum absolute atomic E-state index is 9.89. The van der Waals surface area contributed by atoms with E-state index in [0.717, 1.165) is 60.9 Å². The number of likely N-dealkylation sites (tertiary alicyclic amines) is 1. The molecule has 2 saturated heterocycles. The first-order valence-corrected chi connectivity index (χ1v) is 8.26. The summed E-state index contributed by atoms with van der Waals surface area (Å²) in [6.45, 7) is 4.45. The van der Waals surface area contributed by atoms with Gasteiger partial charge in [-0.15, -0.1) is 0 Å². The van der Waals surface area contributed by atoms with E-state index in [1.807, 2.05) is 18.2 Å². The van der Waals surface area contributed by atoms with E-state index in [4.69, 9.17) is 16.3 Å². The van der Waals surface area contributed by atoms with Gasteiger partial charge in [0.2, 0.25) is 0 Å². The van der Waals surface area contributed by atoms with Crippen molar-refractivity contribution in [2.45, 2.75) is 13.0 Å². The van der Waals surface area contributed by atoms with E-state index in [1.54, 1.807) is 0 Å². The number of halogens is 1. The fourth-order valence-electron chi connectivity index (χ4n) is 4.03. The second kappa shape index (κ2) is 5.53. The zero-order chi connectivity index (χ0) is 15.2. The van der Waals surface area contributed by atoms with Crippen LogP contribution in [0.25, 0.3) is 10.9 Å². The molecule has 2 fully saturated rings. The largest absolute Gasteiger partial charge is 0.396 e. The van der Waals surface area contributed by atoms with Gasteiger partial charge in [0.15, 0.2) is 0 Å². The van der Waals surface area contributed by atoms with E-state index in [1.165, 1.54) is 0 Å². The zero-order valence-corrected chi connectivity index (χ0v) is 13.3. The molecule has 0 radical (unpaired) electrons. The average molecular weight is 321 g/mol. The lowest BCUT2D eigenvalue weighted by Gasteiger charge is -2.36. The standard InChI is InChI=1S/C17H21ClN2O2/c18-16-13-3-1-2-4-14(13)19-15(16)8-20-7-12-9-22-6-5-17(12,10-20)11-21/h1-4,12,19,21H,5-11H2/t12-,17-/m1/s1. The zero-order valence-electron chi connectivity index (χ0n) is 12.5. The molecule has 1 aromatic heterocycles. The van der Waals surface area contributed by atoms with Crippen molar-refractivity contribution in [3.8, 4) is 0 Å². The molecule has 5 heteroatoms. The molecular formula is C17H21ClN2O2. The number of hydrogen-bond donors (Lipinski definition) is 2. The number of ether oxygens (including phenoxy) is 1. The number of nitrogens with zero attached hydrogens (tertiary/aromatic N) is 1. The lowest BCUT2D eigenvalue weighted by atomic mass is 9.75. The summed E-state index contributed by atoms with van der Waals surface area (Å²) in [5.41, 5.74) is 2.16. The number of aliphatic hydroxyl groups is 1. The summed E-state index contributed by atoms with van der Waals surface area (Å²) in [5.74, 6) is 0.425. The van der Waals surface area contributed by atoms with Gasteiger partial charge < -0.3 is 14.8 Å². The summed E-state index contributed by atoms with van der Waals surface area (Å²) < 4.78 is 5.61. The van der Waals surface area contributed by atoms with E-state index in [0.29, 0.717) is 5.92 Å². The number of aromatic amines is 1. The Bertz CT molecular complexity index is 686. The first kappa shape index (κ1) is 14.5. The molecule has 2 atom stereocenters. The second-order valence-corrected chi connectivity index (χ2v) is 7.05. The molecule has 118 valence electrons. The highest BCUT2D eigenvalue weighted by Gasteiger charge is 2.47. The van der Waals surface area contributed by atoms with Gasteiger partial charge >= 0.3 is 0 Å². The molecule has 4 nitrogen and oxygen atoms in total. The Morgan fingerprint density at radius 3 is 3.05 bits per heavy atom. The van der Waals surface area contributed by atoms with Crippen molar-refractivity contribution < 1.29 is 9.84 Å². The van der Waals surface area contributed by atoms with Crippen LogP contribution >= 0.6 is 11.6 Å². The minimum Gasteiger partial charge on any atom is -0.396 e. The van der Waals surface area contributed by atoms with Crippen LogP contribution in [0.1, 0.15) is 12.1 Å². The number of rotatable bonds is 3. The summed E-state index contributed by atoms with van der Waals surface area (Å²) >= 11 is 6.53. The highest BCUT2D eigenvalue weighted by Crippen LogP contribution is 2.42. The minimum absolute atomic E-state index is 0.0107. The lowest BCUT2D eigenvalue weighted by molar-refractivity contribution is -0.0417. The molecule has 1 aromatic carbocycles. The fourth-order valence-corrected chi connectivity index (χ4v) is 4.30. The first-order valence-electron chi connectivity index (χ1n) is 7.88. The predicted octanol–water partition coefficient (Wildman–Crippen LogP) is 2.65. The van der Waals surface area contributed by atoms with Gasteiger partial charge in [-0.1, -0.05) is 29.8 Å². The SMILES string of the molecule is OC[C@]12CCOC[C@H]1CN(Cc1[nH]c3ccccc3c1Cl)C2. The van der Waals surface area contributed by atoms with E-state index in [-0.39, 0.29) is 12.0 Å². The van der Waals surface area contributed by atoms with Crippen molar-refractivity contribution >= 4 is 22.5 Å². The molecule has 0 unspecified atom stereocenters. The lowest BCUT2D eigenvalue weighted by Crippen LogP contribution is -2.41. The van der Waals surface area contributed by atoms with E-state index < -0.39 is 0 Å². The van der Waals surface area contributed by atoms with Crippen LogP contribution in [0.4, 0.5) is 0 Å². The Balaban J connectivity index is 1.57. The summed E-state index contributed by atoms with van der Waals surface area (Å²) in [4.78, 5) is 5.83. The number of para-hydroxylation sites is 1. The molecule has 0 amide bonds. The summed E-state index contributed by atoms with van der Waals surface area (Å²) in [6, 6.07) is 8.12. The number of nitrogens with one attached hydrogen (secondary N) is 1. The second-order valence-electron chi connectivity index (χ2n) is 6.68. The molecule has 0 saturated carbocycles. The Labute approximate surface area is 135 Å². The molecule has 2 N–H and O–H groups in total. The van der Waals surface area contributed by atoms with Crippen molar-refractivity contribution in [1.29, 1.82) is 0 Å². The maximum atomic E-state index is 9.89. The molecule has 0 aliphatic carbocycles. The molecule has 2 aromatic rings. The fraction of sp³-hybridized carbons (Fsp3) is 0.529. The maximum Gasteiger partial charge on any atom is 0.0705 e. The van der Waals surface area contributed by atoms with Gasteiger partial charge in [-0.2, -0.15) is 0 Å². The van der Waals surface area contributed by atoms with Crippen LogP contribution in [-0.2, 0) is 11.3 Å². The number of hydrogen-bond acceptors (Lipinski definition) is 3. The average Bonchev–Trinajstić information content (AvgIpc) is 3.07. The van der Waals surface area contributed by atoms with Crippen LogP contribution in [0.15, 0.2) is 24.3 Å². The van der Waals surface area contributed by atoms with Crippen LogP contribution in [0.3, 0.4) is 0 Å². The Hall–Kier alpha value is -1.07.